The highest BCUT2D eigenvalue weighted by atomic mass is 19.4. The van der Waals surface area contributed by atoms with Gasteiger partial charge in [0.25, 0.3) is 5.91 Å². The molecule has 0 fully saturated rings. The number of halogens is 3. The van der Waals surface area contributed by atoms with Gasteiger partial charge in [-0.25, -0.2) is 4.98 Å². The van der Waals surface area contributed by atoms with E-state index in [1.165, 1.54) is 17.9 Å². The number of ether oxygens (including phenoxy) is 1. The van der Waals surface area contributed by atoms with Crippen LogP contribution >= 0.6 is 0 Å². The molecule has 0 aliphatic rings. The second-order valence-electron chi connectivity index (χ2n) is 6.12. The number of aromatic nitrogens is 3. The molecule has 3 rings (SSSR count). The molecule has 28 heavy (non-hydrogen) atoms. The van der Waals surface area contributed by atoms with E-state index >= 15 is 0 Å². The Bertz CT molecular complexity index is 1010. The van der Waals surface area contributed by atoms with E-state index in [-0.39, 0.29) is 11.6 Å². The van der Waals surface area contributed by atoms with Crippen LogP contribution in [-0.4, -0.2) is 27.8 Å². The lowest BCUT2D eigenvalue weighted by Crippen LogP contribution is -2.16. The van der Waals surface area contributed by atoms with E-state index in [4.69, 9.17) is 4.74 Å². The zero-order valence-corrected chi connectivity index (χ0v) is 15.3. The number of nitrogens with zero attached hydrogens (tertiary/aromatic N) is 3. The van der Waals surface area contributed by atoms with Gasteiger partial charge in [-0.15, -0.1) is 0 Å². The maximum Gasteiger partial charge on any atom is 0.417 e. The molecule has 0 saturated carbocycles. The lowest BCUT2D eigenvalue weighted by atomic mass is 10.1. The summed E-state index contributed by atoms with van der Waals surface area (Å²) in [7, 11) is 1.51. The first-order valence-corrected chi connectivity index (χ1v) is 8.25. The Morgan fingerprint density at radius 2 is 1.89 bits per heavy atom. The lowest BCUT2D eigenvalue weighted by Gasteiger charge is -2.11. The zero-order chi connectivity index (χ0) is 20.5. The smallest absolute Gasteiger partial charge is 0.417 e. The van der Waals surface area contributed by atoms with E-state index in [1.54, 1.807) is 31.2 Å². The van der Waals surface area contributed by atoms with E-state index in [2.05, 4.69) is 15.4 Å². The van der Waals surface area contributed by atoms with Crippen LogP contribution in [-0.2, 0) is 6.18 Å². The molecule has 6 nitrogen and oxygen atoms in total. The lowest BCUT2D eigenvalue weighted by molar-refractivity contribution is -0.137. The highest BCUT2D eigenvalue weighted by molar-refractivity contribution is 6.04. The number of alkyl halides is 3. The molecular formula is C19H17F3N4O2. The number of carbonyl (C=O) groups is 1. The molecule has 1 N–H and O–H groups in total. The van der Waals surface area contributed by atoms with Crippen LogP contribution < -0.4 is 10.1 Å². The van der Waals surface area contributed by atoms with Crippen molar-refractivity contribution in [2.45, 2.75) is 20.0 Å². The molecule has 0 radical (unpaired) electrons. The number of methoxy groups -OCH3 is 1. The molecule has 2 heterocycles. The van der Waals surface area contributed by atoms with Crippen molar-refractivity contribution in [2.24, 2.45) is 0 Å². The molecule has 0 aliphatic heterocycles. The van der Waals surface area contributed by atoms with Crippen LogP contribution in [0, 0.1) is 13.8 Å². The zero-order valence-electron chi connectivity index (χ0n) is 15.3. The van der Waals surface area contributed by atoms with Gasteiger partial charge in [-0.1, -0.05) is 6.07 Å². The molecule has 0 saturated heterocycles. The molecule has 0 unspecified atom stereocenters. The van der Waals surface area contributed by atoms with E-state index in [0.717, 1.165) is 17.8 Å². The average molecular weight is 390 g/mol. The molecule has 146 valence electrons. The molecule has 3 aromatic rings. The monoisotopic (exact) mass is 390 g/mol. The van der Waals surface area contributed by atoms with Gasteiger partial charge in [0.05, 0.1) is 18.4 Å². The third-order valence-corrected chi connectivity index (χ3v) is 4.04. The molecule has 9 heteroatoms. The van der Waals surface area contributed by atoms with Crippen molar-refractivity contribution in [2.75, 3.05) is 12.4 Å². The maximum absolute atomic E-state index is 12.7. The van der Waals surface area contributed by atoms with E-state index in [9.17, 15) is 18.0 Å². The van der Waals surface area contributed by atoms with Gasteiger partial charge in [0, 0.05) is 17.8 Å². The van der Waals surface area contributed by atoms with Crippen molar-refractivity contribution in [1.29, 1.82) is 0 Å². The number of benzene rings is 1. The Morgan fingerprint density at radius 1 is 1.14 bits per heavy atom. The van der Waals surface area contributed by atoms with Gasteiger partial charge >= 0.3 is 6.18 Å². The molecule has 0 spiro atoms. The van der Waals surface area contributed by atoms with Crippen LogP contribution in [0.25, 0.3) is 5.82 Å². The average Bonchev–Trinajstić information content (AvgIpc) is 3.01. The van der Waals surface area contributed by atoms with Gasteiger partial charge in [-0.2, -0.15) is 23.0 Å². The van der Waals surface area contributed by atoms with Gasteiger partial charge in [-0.3, -0.25) is 4.79 Å². The number of hydrogen-bond donors (Lipinski definition) is 1. The minimum atomic E-state index is -4.48. The van der Waals surface area contributed by atoms with Crippen LogP contribution in [0.5, 0.6) is 5.75 Å². The molecule has 1 amide bonds. The predicted octanol–water partition coefficient (Wildman–Crippen LogP) is 4.16. The quantitative estimate of drug-likeness (QED) is 0.726. The summed E-state index contributed by atoms with van der Waals surface area (Å²) in [5.41, 5.74) is 0.957. The number of anilines is 1. The third kappa shape index (κ3) is 3.98. The molecule has 1 aromatic carbocycles. The summed E-state index contributed by atoms with van der Waals surface area (Å²) in [6, 6.07) is 8.72. The van der Waals surface area contributed by atoms with Crippen molar-refractivity contribution in [1.82, 2.24) is 14.8 Å². The fourth-order valence-corrected chi connectivity index (χ4v) is 2.59. The number of pyridine rings is 1. The van der Waals surface area contributed by atoms with Crippen molar-refractivity contribution in [3.05, 3.63) is 65.0 Å². The van der Waals surface area contributed by atoms with Crippen molar-refractivity contribution >= 4 is 11.7 Å². The summed E-state index contributed by atoms with van der Waals surface area (Å²) in [6.45, 7) is 3.56. The Morgan fingerprint density at radius 3 is 2.50 bits per heavy atom. The van der Waals surface area contributed by atoms with Crippen molar-refractivity contribution in [3.63, 3.8) is 0 Å². The van der Waals surface area contributed by atoms with Crippen LogP contribution in [0.4, 0.5) is 19.0 Å². The molecular weight excluding hydrogens is 373 g/mol. The first-order valence-electron chi connectivity index (χ1n) is 8.25. The minimum absolute atomic E-state index is 0.151. The summed E-state index contributed by atoms with van der Waals surface area (Å²) in [5.74, 6) is 0.597. The predicted molar refractivity (Wildman–Crippen MR) is 96.8 cm³/mol. The summed E-state index contributed by atoms with van der Waals surface area (Å²) >= 11 is 0. The van der Waals surface area contributed by atoms with Crippen LogP contribution in [0.15, 0.2) is 42.6 Å². The van der Waals surface area contributed by atoms with Gasteiger partial charge < -0.3 is 10.1 Å². The Labute approximate surface area is 159 Å². The van der Waals surface area contributed by atoms with E-state index in [1.807, 2.05) is 6.92 Å². The van der Waals surface area contributed by atoms with E-state index in [0.29, 0.717) is 17.0 Å². The second-order valence-corrected chi connectivity index (χ2v) is 6.12. The fourth-order valence-electron chi connectivity index (χ4n) is 2.59. The number of rotatable bonds is 4. The number of amides is 1. The summed E-state index contributed by atoms with van der Waals surface area (Å²) in [4.78, 5) is 16.4. The standard InChI is InChI=1S/C19H17F3N4O2/c1-11-4-5-13(9-15(11)28-3)18(27)24-17-8-12(2)25-26(17)16-7-6-14(10-23-16)19(20,21)22/h4-10H,1-3H3,(H,24,27). The Hall–Kier alpha value is -3.36. The van der Waals surface area contributed by atoms with Crippen LogP contribution in [0.2, 0.25) is 0 Å². The number of hydrogen-bond acceptors (Lipinski definition) is 4. The summed E-state index contributed by atoms with van der Waals surface area (Å²) in [6.07, 6.45) is -3.75. The number of carbonyl (C=O) groups excluding carboxylic acids is 1. The third-order valence-electron chi connectivity index (χ3n) is 4.04. The Balaban J connectivity index is 1.89. The maximum atomic E-state index is 12.7. The molecule has 0 aliphatic carbocycles. The fraction of sp³-hybridized carbons (Fsp3) is 0.211. The highest BCUT2D eigenvalue weighted by Gasteiger charge is 2.30. The van der Waals surface area contributed by atoms with Gasteiger partial charge in [0.15, 0.2) is 5.82 Å². The molecule has 0 bridgehead atoms. The van der Waals surface area contributed by atoms with Crippen molar-refractivity contribution in [3.8, 4) is 11.6 Å². The molecule has 2 aromatic heterocycles. The van der Waals surface area contributed by atoms with E-state index < -0.39 is 17.6 Å². The first kappa shape index (κ1) is 19.4. The van der Waals surface area contributed by atoms with Gasteiger partial charge in [0.1, 0.15) is 11.6 Å². The van der Waals surface area contributed by atoms with Gasteiger partial charge in [-0.05, 0) is 43.7 Å². The Kier molecular flexibility index (Phi) is 5.08. The molecule has 0 atom stereocenters. The summed E-state index contributed by atoms with van der Waals surface area (Å²) in [5, 5.41) is 6.91. The second kappa shape index (κ2) is 7.34. The number of nitrogens with one attached hydrogen (secondary N) is 1. The first-order chi connectivity index (χ1) is 13.2. The minimum Gasteiger partial charge on any atom is -0.496 e. The normalized spacial score (nSPS) is 11.4. The topological polar surface area (TPSA) is 69.0 Å². The van der Waals surface area contributed by atoms with Crippen molar-refractivity contribution < 1.29 is 22.7 Å². The number of aryl methyl sites for hydroxylation is 2. The highest BCUT2D eigenvalue weighted by Crippen LogP contribution is 2.29. The van der Waals surface area contributed by atoms with Gasteiger partial charge in [0.2, 0.25) is 0 Å². The summed E-state index contributed by atoms with van der Waals surface area (Å²) < 4.78 is 44.7. The van der Waals surface area contributed by atoms with Crippen LogP contribution in [0.3, 0.4) is 0 Å². The largest absolute Gasteiger partial charge is 0.496 e. The SMILES string of the molecule is COc1cc(C(=O)Nc2cc(C)nn2-c2ccc(C(F)(F)F)cn2)ccc1C. The van der Waals surface area contributed by atoms with Crippen LogP contribution in [0.1, 0.15) is 27.2 Å².